The Kier molecular flexibility index (Phi) is 7.63. The van der Waals surface area contributed by atoms with Crippen molar-refractivity contribution in [3.63, 3.8) is 0 Å². The Morgan fingerprint density at radius 3 is 2.36 bits per heavy atom. The first-order valence-electron chi connectivity index (χ1n) is 10.6. The molecule has 1 aliphatic rings. The SMILES string of the molecule is CC(C)(C)c1nc(CNC(=O)N2CCN(CC(=O)Nc3ccccc3C(F)(F)F)CC2)cs1. The molecule has 1 aliphatic heterocycles. The fourth-order valence-electron chi connectivity index (χ4n) is 3.35. The number of hydrogen-bond donors (Lipinski definition) is 2. The number of alkyl halides is 3. The Bertz CT molecular complexity index is 979. The molecule has 11 heteroatoms. The smallest absolute Gasteiger partial charge is 0.332 e. The Hall–Kier alpha value is -2.66. The number of carbonyl (C=O) groups excluding carboxylic acids is 2. The minimum atomic E-state index is -4.55. The third-order valence-corrected chi connectivity index (χ3v) is 6.46. The molecule has 33 heavy (non-hydrogen) atoms. The number of piperazine rings is 1. The van der Waals surface area contributed by atoms with Crippen LogP contribution < -0.4 is 10.6 Å². The van der Waals surface area contributed by atoms with Gasteiger partial charge in [-0.3, -0.25) is 9.69 Å². The second-order valence-corrected chi connectivity index (χ2v) is 9.77. The van der Waals surface area contributed by atoms with Crippen molar-refractivity contribution in [3.8, 4) is 0 Å². The first kappa shape index (κ1) is 25.0. The van der Waals surface area contributed by atoms with E-state index >= 15 is 0 Å². The monoisotopic (exact) mass is 483 g/mol. The quantitative estimate of drug-likeness (QED) is 0.676. The van der Waals surface area contributed by atoms with E-state index in [0.717, 1.165) is 16.8 Å². The fraction of sp³-hybridized carbons (Fsp3) is 0.500. The van der Waals surface area contributed by atoms with Crippen LogP contribution in [0.2, 0.25) is 0 Å². The summed E-state index contributed by atoms with van der Waals surface area (Å²) in [4.78, 5) is 32.8. The van der Waals surface area contributed by atoms with Gasteiger partial charge in [-0.05, 0) is 12.1 Å². The highest BCUT2D eigenvalue weighted by atomic mass is 32.1. The highest BCUT2D eigenvalue weighted by Crippen LogP contribution is 2.34. The van der Waals surface area contributed by atoms with E-state index in [1.807, 2.05) is 10.3 Å². The second kappa shape index (κ2) is 10.1. The Labute approximate surface area is 195 Å². The summed E-state index contributed by atoms with van der Waals surface area (Å²) in [6.45, 7) is 8.29. The maximum Gasteiger partial charge on any atom is 0.418 e. The molecule has 3 rings (SSSR count). The lowest BCUT2D eigenvalue weighted by atomic mass is 9.98. The summed E-state index contributed by atoms with van der Waals surface area (Å²) in [5.41, 5.74) is -0.364. The van der Waals surface area contributed by atoms with Crippen LogP contribution in [-0.4, -0.2) is 59.4 Å². The number of rotatable bonds is 5. The van der Waals surface area contributed by atoms with E-state index in [9.17, 15) is 22.8 Å². The highest BCUT2D eigenvalue weighted by Gasteiger charge is 2.33. The number of urea groups is 1. The number of anilines is 1. The zero-order valence-corrected chi connectivity index (χ0v) is 19.6. The second-order valence-electron chi connectivity index (χ2n) is 8.91. The molecule has 1 aromatic heterocycles. The molecule has 2 aromatic rings. The predicted octanol–water partition coefficient (Wildman–Crippen LogP) is 3.93. The predicted molar refractivity (Wildman–Crippen MR) is 121 cm³/mol. The van der Waals surface area contributed by atoms with Crippen LogP contribution in [0.25, 0.3) is 0 Å². The lowest BCUT2D eigenvalue weighted by Crippen LogP contribution is -2.52. The molecule has 1 fully saturated rings. The van der Waals surface area contributed by atoms with Crippen molar-refractivity contribution in [2.24, 2.45) is 0 Å². The third-order valence-electron chi connectivity index (χ3n) is 5.15. The van der Waals surface area contributed by atoms with Gasteiger partial charge in [0, 0.05) is 37.0 Å². The van der Waals surface area contributed by atoms with E-state index in [-0.39, 0.29) is 23.7 Å². The summed E-state index contributed by atoms with van der Waals surface area (Å²) in [5, 5.41) is 8.17. The fourth-order valence-corrected chi connectivity index (χ4v) is 4.26. The normalized spacial score (nSPS) is 15.4. The van der Waals surface area contributed by atoms with Crippen molar-refractivity contribution in [1.82, 2.24) is 20.1 Å². The van der Waals surface area contributed by atoms with Crippen molar-refractivity contribution >= 4 is 29.0 Å². The lowest BCUT2D eigenvalue weighted by Gasteiger charge is -2.34. The van der Waals surface area contributed by atoms with Crippen LogP contribution in [0.15, 0.2) is 29.6 Å². The van der Waals surface area contributed by atoms with Gasteiger partial charge < -0.3 is 15.5 Å². The number of carbonyl (C=O) groups is 2. The minimum Gasteiger partial charge on any atom is -0.332 e. The molecule has 1 saturated heterocycles. The van der Waals surface area contributed by atoms with Crippen molar-refractivity contribution < 1.29 is 22.8 Å². The van der Waals surface area contributed by atoms with Gasteiger partial charge in [-0.1, -0.05) is 32.9 Å². The average Bonchev–Trinajstić information content (AvgIpc) is 3.22. The summed E-state index contributed by atoms with van der Waals surface area (Å²) in [6, 6.07) is 4.68. The molecule has 7 nitrogen and oxygen atoms in total. The molecule has 3 amide bonds. The molecule has 2 heterocycles. The van der Waals surface area contributed by atoms with Crippen LogP contribution in [0, 0.1) is 0 Å². The number of amides is 3. The van der Waals surface area contributed by atoms with Gasteiger partial charge in [0.1, 0.15) is 0 Å². The molecule has 0 saturated carbocycles. The van der Waals surface area contributed by atoms with E-state index in [2.05, 4.69) is 36.4 Å². The van der Waals surface area contributed by atoms with Crippen LogP contribution in [0.4, 0.5) is 23.7 Å². The van der Waals surface area contributed by atoms with Crippen molar-refractivity contribution in [2.75, 3.05) is 38.0 Å². The summed E-state index contributed by atoms with van der Waals surface area (Å²) >= 11 is 1.57. The number of para-hydroxylation sites is 1. The first-order valence-corrected chi connectivity index (χ1v) is 11.5. The molecule has 1 aromatic carbocycles. The topological polar surface area (TPSA) is 77.6 Å². The number of nitrogens with zero attached hydrogens (tertiary/aromatic N) is 3. The van der Waals surface area contributed by atoms with E-state index in [1.54, 1.807) is 16.2 Å². The van der Waals surface area contributed by atoms with Crippen LogP contribution in [0.3, 0.4) is 0 Å². The van der Waals surface area contributed by atoms with E-state index in [1.165, 1.54) is 18.2 Å². The minimum absolute atomic E-state index is 0.0373. The molecule has 0 bridgehead atoms. The van der Waals surface area contributed by atoms with Gasteiger partial charge in [0.15, 0.2) is 0 Å². The number of nitrogens with one attached hydrogen (secondary N) is 2. The molecule has 0 spiro atoms. The third kappa shape index (κ3) is 6.91. The maximum absolute atomic E-state index is 13.1. The first-order chi connectivity index (χ1) is 15.4. The van der Waals surface area contributed by atoms with Gasteiger partial charge in [-0.15, -0.1) is 11.3 Å². The van der Waals surface area contributed by atoms with Crippen LogP contribution in [0.1, 0.15) is 37.0 Å². The number of hydrogen-bond acceptors (Lipinski definition) is 5. The van der Waals surface area contributed by atoms with Gasteiger partial charge in [0.25, 0.3) is 0 Å². The molecular weight excluding hydrogens is 455 g/mol. The Balaban J connectivity index is 1.44. The molecule has 180 valence electrons. The van der Waals surface area contributed by atoms with Crippen molar-refractivity contribution in [3.05, 3.63) is 45.9 Å². The Morgan fingerprint density at radius 2 is 1.76 bits per heavy atom. The molecule has 0 unspecified atom stereocenters. The van der Waals surface area contributed by atoms with Crippen LogP contribution in [-0.2, 0) is 22.9 Å². The molecular formula is C22H28F3N5O2S. The maximum atomic E-state index is 13.1. The van der Waals surface area contributed by atoms with Crippen molar-refractivity contribution in [1.29, 1.82) is 0 Å². The zero-order chi connectivity index (χ0) is 24.2. The molecule has 0 aliphatic carbocycles. The van der Waals surface area contributed by atoms with E-state index in [4.69, 9.17) is 0 Å². The van der Waals surface area contributed by atoms with Crippen molar-refractivity contribution in [2.45, 2.75) is 38.9 Å². The van der Waals surface area contributed by atoms with Crippen LogP contribution in [0.5, 0.6) is 0 Å². The average molecular weight is 484 g/mol. The lowest BCUT2D eigenvalue weighted by molar-refractivity contribution is -0.137. The number of benzene rings is 1. The van der Waals surface area contributed by atoms with E-state index < -0.39 is 17.6 Å². The summed E-state index contributed by atoms with van der Waals surface area (Å²) in [5.74, 6) is -0.525. The number of halogens is 3. The largest absolute Gasteiger partial charge is 0.418 e. The Morgan fingerprint density at radius 1 is 1.09 bits per heavy atom. The standard InChI is InChI=1S/C22H28F3N5O2S/c1-21(2,3)19-27-15(14-33-19)12-26-20(32)30-10-8-29(9-11-30)13-18(31)28-17-7-5-4-6-16(17)22(23,24)25/h4-7,14H,8-13H2,1-3H3,(H,26,32)(H,28,31). The van der Waals surface area contributed by atoms with Gasteiger partial charge in [-0.25, -0.2) is 9.78 Å². The summed E-state index contributed by atoms with van der Waals surface area (Å²) in [7, 11) is 0. The number of aromatic nitrogens is 1. The van der Waals surface area contributed by atoms with Gasteiger partial charge in [-0.2, -0.15) is 13.2 Å². The summed E-state index contributed by atoms with van der Waals surface area (Å²) < 4.78 is 39.3. The highest BCUT2D eigenvalue weighted by molar-refractivity contribution is 7.09. The van der Waals surface area contributed by atoms with E-state index in [0.29, 0.717) is 32.7 Å². The van der Waals surface area contributed by atoms with Crippen LogP contribution >= 0.6 is 11.3 Å². The van der Waals surface area contributed by atoms with Gasteiger partial charge in [0.05, 0.1) is 35.0 Å². The van der Waals surface area contributed by atoms with Gasteiger partial charge >= 0.3 is 12.2 Å². The molecule has 2 N–H and O–H groups in total. The molecule has 0 radical (unpaired) electrons. The van der Waals surface area contributed by atoms with Gasteiger partial charge in [0.2, 0.25) is 5.91 Å². The molecule has 0 atom stereocenters. The summed E-state index contributed by atoms with van der Waals surface area (Å²) in [6.07, 6.45) is -4.55. The zero-order valence-electron chi connectivity index (χ0n) is 18.8. The number of thiazole rings is 1.